The number of aliphatic hydroxyl groups is 1. The SMILES string of the molecule is N.O=C=NCO. The third-order valence-electron chi connectivity index (χ3n) is 0.135. The molecule has 0 spiro atoms. The van der Waals surface area contributed by atoms with Gasteiger partial charge in [0.25, 0.3) is 0 Å². The van der Waals surface area contributed by atoms with Crippen LogP contribution in [0.1, 0.15) is 0 Å². The maximum absolute atomic E-state index is 8.95. The van der Waals surface area contributed by atoms with E-state index in [9.17, 15) is 0 Å². The topological polar surface area (TPSA) is 84.7 Å². The van der Waals surface area contributed by atoms with Gasteiger partial charge in [0.2, 0.25) is 6.08 Å². The zero-order chi connectivity index (χ0) is 4.12. The van der Waals surface area contributed by atoms with Gasteiger partial charge in [0.05, 0.1) is 0 Å². The molecule has 0 atom stereocenters. The molecule has 4 N–H and O–H groups in total. The van der Waals surface area contributed by atoms with Crippen LogP contribution in [0.25, 0.3) is 0 Å². The lowest BCUT2D eigenvalue weighted by molar-refractivity contribution is 0.308. The molecular formula is C2H6N2O2. The predicted molar refractivity (Wildman–Crippen MR) is 20.2 cm³/mol. The molecule has 4 heteroatoms. The number of hydrogen-bond acceptors (Lipinski definition) is 4. The standard InChI is InChI=1S/C2H3NO2.H3N/c4-1-3-2-5;/h4H,1H2;1H3. The number of nitrogens with zero attached hydrogens (tertiary/aromatic N) is 1. The number of isocyanates is 1. The fourth-order valence-electron chi connectivity index (χ4n) is 0.0289. The van der Waals surface area contributed by atoms with Crippen LogP contribution in [0.15, 0.2) is 4.99 Å². The lowest BCUT2D eigenvalue weighted by atomic mass is 11.3. The van der Waals surface area contributed by atoms with E-state index in [-0.39, 0.29) is 6.15 Å². The first-order valence-electron chi connectivity index (χ1n) is 1.06. The first-order chi connectivity index (χ1) is 2.41. The minimum Gasteiger partial charge on any atom is -0.374 e. The highest BCUT2D eigenvalue weighted by Crippen LogP contribution is 1.46. The van der Waals surface area contributed by atoms with Gasteiger partial charge in [-0.2, -0.15) is 4.99 Å². The molecule has 0 rings (SSSR count). The van der Waals surface area contributed by atoms with Crippen molar-refractivity contribution in [1.82, 2.24) is 6.15 Å². The molecule has 0 aromatic carbocycles. The fraction of sp³-hybridized carbons (Fsp3) is 0.500. The molecule has 0 radical (unpaired) electrons. The van der Waals surface area contributed by atoms with Gasteiger partial charge in [-0.25, -0.2) is 4.79 Å². The molecule has 0 fully saturated rings. The maximum Gasteiger partial charge on any atom is 0.237 e. The number of rotatable bonds is 1. The quantitative estimate of drug-likeness (QED) is 0.334. The molecule has 4 nitrogen and oxygen atoms in total. The van der Waals surface area contributed by atoms with E-state index in [1.807, 2.05) is 0 Å². The summed E-state index contributed by atoms with van der Waals surface area (Å²) < 4.78 is 0. The van der Waals surface area contributed by atoms with Crippen molar-refractivity contribution in [3.63, 3.8) is 0 Å². The van der Waals surface area contributed by atoms with Gasteiger partial charge in [0.15, 0.2) is 0 Å². The molecule has 0 saturated heterocycles. The van der Waals surface area contributed by atoms with Crippen molar-refractivity contribution in [3.05, 3.63) is 0 Å². The minimum atomic E-state index is -0.455. The van der Waals surface area contributed by atoms with E-state index >= 15 is 0 Å². The van der Waals surface area contributed by atoms with Crippen molar-refractivity contribution < 1.29 is 9.90 Å². The van der Waals surface area contributed by atoms with Crippen LogP contribution in [0.3, 0.4) is 0 Å². The van der Waals surface area contributed by atoms with Crippen LogP contribution in [0.5, 0.6) is 0 Å². The lowest BCUT2D eigenvalue weighted by Gasteiger charge is -1.60. The van der Waals surface area contributed by atoms with Gasteiger partial charge in [-0.3, -0.25) is 0 Å². The molecular weight excluding hydrogens is 84.0 g/mol. The van der Waals surface area contributed by atoms with E-state index in [0.29, 0.717) is 0 Å². The Morgan fingerprint density at radius 1 is 1.83 bits per heavy atom. The van der Waals surface area contributed by atoms with Crippen LogP contribution in [-0.4, -0.2) is 17.9 Å². The summed E-state index contributed by atoms with van der Waals surface area (Å²) in [6, 6.07) is 0. The van der Waals surface area contributed by atoms with Gasteiger partial charge in [0.1, 0.15) is 6.73 Å². The largest absolute Gasteiger partial charge is 0.374 e. The van der Waals surface area contributed by atoms with Gasteiger partial charge >= 0.3 is 0 Å². The van der Waals surface area contributed by atoms with E-state index in [4.69, 9.17) is 9.90 Å². The Balaban J connectivity index is 0. The van der Waals surface area contributed by atoms with Crippen LogP contribution < -0.4 is 6.15 Å². The molecule has 0 unspecified atom stereocenters. The Morgan fingerprint density at radius 2 is 2.33 bits per heavy atom. The van der Waals surface area contributed by atoms with Crippen molar-refractivity contribution in [2.24, 2.45) is 4.99 Å². The molecule has 0 bridgehead atoms. The lowest BCUT2D eigenvalue weighted by Crippen LogP contribution is -1.66. The van der Waals surface area contributed by atoms with E-state index in [1.54, 1.807) is 0 Å². The summed E-state index contributed by atoms with van der Waals surface area (Å²) in [7, 11) is 0. The van der Waals surface area contributed by atoms with Gasteiger partial charge in [0, 0.05) is 0 Å². The molecule has 0 amide bonds. The summed E-state index contributed by atoms with van der Waals surface area (Å²) in [5.74, 6) is 0. The van der Waals surface area contributed by atoms with E-state index in [1.165, 1.54) is 0 Å². The highest BCUT2D eigenvalue weighted by atomic mass is 16.3. The highest BCUT2D eigenvalue weighted by molar-refractivity contribution is 5.32. The number of hydrogen-bond donors (Lipinski definition) is 2. The van der Waals surface area contributed by atoms with E-state index in [2.05, 4.69) is 4.99 Å². The summed E-state index contributed by atoms with van der Waals surface area (Å²) in [5.41, 5.74) is 0. The average molecular weight is 90.1 g/mol. The fourth-order valence-corrected chi connectivity index (χ4v) is 0.0289. The molecule has 0 saturated carbocycles. The van der Waals surface area contributed by atoms with Crippen molar-refractivity contribution >= 4 is 6.08 Å². The van der Waals surface area contributed by atoms with Crippen LogP contribution >= 0.6 is 0 Å². The molecule has 0 heterocycles. The Hall–Kier alpha value is -0.700. The Bertz CT molecular complexity index is 56.6. The van der Waals surface area contributed by atoms with Crippen molar-refractivity contribution in [3.8, 4) is 0 Å². The monoisotopic (exact) mass is 90.0 g/mol. The van der Waals surface area contributed by atoms with Crippen LogP contribution in [0.2, 0.25) is 0 Å². The van der Waals surface area contributed by atoms with Crippen molar-refractivity contribution in [2.75, 3.05) is 6.73 Å². The van der Waals surface area contributed by atoms with Crippen LogP contribution in [0.4, 0.5) is 0 Å². The Kier molecular flexibility index (Phi) is 13.3. The highest BCUT2D eigenvalue weighted by Gasteiger charge is 1.52. The van der Waals surface area contributed by atoms with E-state index < -0.39 is 6.73 Å². The summed E-state index contributed by atoms with van der Waals surface area (Å²) in [6.07, 6.45) is 1.14. The molecule has 0 aromatic rings. The number of aliphatic imine (C=N–C) groups is 1. The smallest absolute Gasteiger partial charge is 0.237 e. The maximum atomic E-state index is 8.95. The second-order valence-corrected chi connectivity index (χ2v) is 0.391. The first kappa shape index (κ1) is 9.00. The molecule has 0 aliphatic heterocycles. The number of aliphatic hydroxyl groups excluding tert-OH is 1. The minimum absolute atomic E-state index is 0. The summed E-state index contributed by atoms with van der Waals surface area (Å²) in [4.78, 5) is 11.7. The van der Waals surface area contributed by atoms with Crippen LogP contribution in [-0.2, 0) is 4.79 Å². The molecule has 0 aromatic heterocycles. The third kappa shape index (κ3) is 10.3. The molecule has 0 aliphatic rings. The van der Waals surface area contributed by atoms with Crippen molar-refractivity contribution in [2.45, 2.75) is 0 Å². The molecule has 36 valence electrons. The zero-order valence-electron chi connectivity index (χ0n) is 3.22. The summed E-state index contributed by atoms with van der Waals surface area (Å²) in [5, 5.41) is 7.64. The second-order valence-electron chi connectivity index (χ2n) is 0.391. The first-order valence-corrected chi connectivity index (χ1v) is 1.06. The average Bonchev–Trinajstić information content (AvgIpc) is 1.41. The predicted octanol–water partition coefficient (Wildman–Crippen LogP) is -0.566. The van der Waals surface area contributed by atoms with Gasteiger partial charge in [-0.1, -0.05) is 0 Å². The zero-order valence-corrected chi connectivity index (χ0v) is 3.22. The summed E-state index contributed by atoms with van der Waals surface area (Å²) in [6.45, 7) is -0.455. The Morgan fingerprint density at radius 3 is 2.33 bits per heavy atom. The van der Waals surface area contributed by atoms with Gasteiger partial charge in [-0.05, 0) is 0 Å². The van der Waals surface area contributed by atoms with E-state index in [0.717, 1.165) is 6.08 Å². The van der Waals surface area contributed by atoms with Crippen molar-refractivity contribution in [1.29, 1.82) is 0 Å². The van der Waals surface area contributed by atoms with Gasteiger partial charge in [-0.15, -0.1) is 0 Å². The normalized spacial score (nSPS) is 4.83. The second kappa shape index (κ2) is 8.85. The Labute approximate surface area is 35.1 Å². The molecule has 0 aliphatic carbocycles. The van der Waals surface area contributed by atoms with Crippen LogP contribution in [0, 0.1) is 0 Å². The number of carbonyl (C=O) groups excluding carboxylic acids is 1. The molecule has 6 heavy (non-hydrogen) atoms. The summed E-state index contributed by atoms with van der Waals surface area (Å²) >= 11 is 0. The third-order valence-corrected chi connectivity index (χ3v) is 0.135. The van der Waals surface area contributed by atoms with Gasteiger partial charge < -0.3 is 11.3 Å².